The molecule has 0 aliphatic carbocycles. The molecule has 148 valence electrons. The summed E-state index contributed by atoms with van der Waals surface area (Å²) in [6, 6.07) is 0. The number of hydrogen-bond acceptors (Lipinski definition) is 4. The van der Waals surface area contributed by atoms with Crippen LogP contribution in [0.2, 0.25) is 0 Å². The minimum absolute atomic E-state index is 0.188. The van der Waals surface area contributed by atoms with E-state index >= 15 is 0 Å². The van der Waals surface area contributed by atoms with Gasteiger partial charge in [0, 0.05) is 13.5 Å². The lowest BCUT2D eigenvalue weighted by Gasteiger charge is -2.14. The van der Waals surface area contributed by atoms with Crippen molar-refractivity contribution in [1.82, 2.24) is 0 Å². The second kappa shape index (κ2) is 19.5. The molecule has 0 aliphatic heterocycles. The first-order valence-electron chi connectivity index (χ1n) is 10.2. The fraction of sp³-hybridized carbons (Fsp3) is 0.857. The Balaban J connectivity index is 3.23. The zero-order chi connectivity index (χ0) is 18.6. The van der Waals surface area contributed by atoms with Gasteiger partial charge in [0.1, 0.15) is 6.10 Å². The lowest BCUT2D eigenvalue weighted by Crippen LogP contribution is -2.26. The molecule has 1 N–H and O–H groups in total. The van der Waals surface area contributed by atoms with Crippen LogP contribution in [0, 0.1) is 0 Å². The van der Waals surface area contributed by atoms with E-state index in [9.17, 15) is 4.79 Å². The molecule has 1 unspecified atom stereocenters. The maximum atomic E-state index is 10.8. The Hall–Kier alpha value is -0.870. The maximum absolute atomic E-state index is 10.8. The molecule has 0 saturated carbocycles. The van der Waals surface area contributed by atoms with E-state index in [0.717, 1.165) is 6.42 Å². The van der Waals surface area contributed by atoms with Crippen LogP contribution in [0.1, 0.15) is 90.9 Å². The third-order valence-corrected chi connectivity index (χ3v) is 4.14. The van der Waals surface area contributed by atoms with Crippen LogP contribution in [0.4, 0.5) is 0 Å². The standard InChI is InChI=1S/C21H40O4/c1-3-4-5-6-7-8-9-10-11-12-13-14-15-16-17-24-19-21(18-22)25-20(2)23/h8-9,21-22H,3-7,10-19H2,1-2H3/b9-8-. The SMILES string of the molecule is CCCCCC/C=C\CCCCCCCCOCC(CO)OC(C)=O. The number of unbranched alkanes of at least 4 members (excludes halogenated alkanes) is 10. The molecule has 0 rings (SSSR count). The second-order valence-electron chi connectivity index (χ2n) is 6.72. The van der Waals surface area contributed by atoms with Gasteiger partial charge in [-0.2, -0.15) is 0 Å². The first-order valence-corrected chi connectivity index (χ1v) is 10.2. The van der Waals surface area contributed by atoms with E-state index < -0.39 is 6.10 Å². The third-order valence-electron chi connectivity index (χ3n) is 4.14. The van der Waals surface area contributed by atoms with Crippen LogP contribution in [0.5, 0.6) is 0 Å². The summed E-state index contributed by atoms with van der Waals surface area (Å²) >= 11 is 0. The average Bonchev–Trinajstić information content (AvgIpc) is 2.60. The molecule has 1 atom stereocenters. The van der Waals surface area contributed by atoms with Crippen molar-refractivity contribution < 1.29 is 19.4 Å². The van der Waals surface area contributed by atoms with Gasteiger partial charge < -0.3 is 14.6 Å². The Morgan fingerprint density at radius 1 is 0.920 bits per heavy atom. The Labute approximate surface area is 155 Å². The number of allylic oxidation sites excluding steroid dienone is 2. The van der Waals surface area contributed by atoms with Gasteiger partial charge >= 0.3 is 5.97 Å². The predicted octanol–water partition coefficient (Wildman–Crippen LogP) is 5.18. The van der Waals surface area contributed by atoms with E-state index in [0.29, 0.717) is 6.61 Å². The number of aliphatic hydroxyl groups is 1. The number of rotatable bonds is 18. The molecule has 0 aliphatic rings. The fourth-order valence-electron chi connectivity index (χ4n) is 2.67. The molecule has 0 spiro atoms. The summed E-state index contributed by atoms with van der Waals surface area (Å²) in [4.78, 5) is 10.8. The van der Waals surface area contributed by atoms with Gasteiger partial charge in [0.15, 0.2) is 0 Å². The minimum atomic E-state index is -0.530. The third kappa shape index (κ3) is 19.3. The van der Waals surface area contributed by atoms with Crippen molar-refractivity contribution in [2.75, 3.05) is 19.8 Å². The lowest BCUT2D eigenvalue weighted by molar-refractivity contribution is -0.152. The van der Waals surface area contributed by atoms with E-state index in [1.54, 1.807) is 0 Å². The molecule has 4 heteroatoms. The Bertz CT molecular complexity index is 315. The van der Waals surface area contributed by atoms with Crippen molar-refractivity contribution in [3.8, 4) is 0 Å². The van der Waals surface area contributed by atoms with Crippen molar-refractivity contribution in [3.05, 3.63) is 12.2 Å². The number of esters is 1. The van der Waals surface area contributed by atoms with E-state index in [1.807, 2.05) is 0 Å². The number of carbonyl (C=O) groups excluding carboxylic acids is 1. The summed E-state index contributed by atoms with van der Waals surface area (Å²) in [7, 11) is 0. The van der Waals surface area contributed by atoms with Gasteiger partial charge in [0.05, 0.1) is 13.2 Å². The number of aliphatic hydroxyl groups excluding tert-OH is 1. The largest absolute Gasteiger partial charge is 0.458 e. The normalized spacial score (nSPS) is 12.6. The van der Waals surface area contributed by atoms with Gasteiger partial charge in [-0.15, -0.1) is 0 Å². The summed E-state index contributed by atoms with van der Waals surface area (Å²) in [5, 5.41) is 9.04. The first kappa shape index (κ1) is 24.1. The highest BCUT2D eigenvalue weighted by atomic mass is 16.6. The van der Waals surface area contributed by atoms with Crippen LogP contribution in [0.15, 0.2) is 12.2 Å². The van der Waals surface area contributed by atoms with Crippen molar-refractivity contribution in [2.24, 2.45) is 0 Å². The Morgan fingerprint density at radius 3 is 2.04 bits per heavy atom. The number of ether oxygens (including phenoxy) is 2. The monoisotopic (exact) mass is 356 g/mol. The summed E-state index contributed by atoms with van der Waals surface area (Å²) in [5.74, 6) is -0.381. The topological polar surface area (TPSA) is 55.8 Å². The first-order chi connectivity index (χ1) is 12.2. The molecule has 0 bridgehead atoms. The van der Waals surface area contributed by atoms with Crippen LogP contribution in [0.25, 0.3) is 0 Å². The van der Waals surface area contributed by atoms with Crippen LogP contribution >= 0.6 is 0 Å². The van der Waals surface area contributed by atoms with E-state index in [2.05, 4.69) is 19.1 Å². The maximum Gasteiger partial charge on any atom is 0.303 e. The van der Waals surface area contributed by atoms with E-state index in [1.165, 1.54) is 77.6 Å². The highest BCUT2D eigenvalue weighted by Gasteiger charge is 2.10. The highest BCUT2D eigenvalue weighted by Crippen LogP contribution is 2.09. The van der Waals surface area contributed by atoms with Gasteiger partial charge in [0.2, 0.25) is 0 Å². The van der Waals surface area contributed by atoms with Crippen LogP contribution in [0.3, 0.4) is 0 Å². The minimum Gasteiger partial charge on any atom is -0.458 e. The summed E-state index contributed by atoms with van der Waals surface area (Å²) < 4.78 is 10.4. The summed E-state index contributed by atoms with van der Waals surface area (Å²) in [6.45, 7) is 4.35. The van der Waals surface area contributed by atoms with Gasteiger partial charge in [-0.1, -0.05) is 64.0 Å². The molecule has 0 aromatic heterocycles. The van der Waals surface area contributed by atoms with Crippen molar-refractivity contribution in [1.29, 1.82) is 0 Å². The molecule has 0 heterocycles. The van der Waals surface area contributed by atoms with Gasteiger partial charge in [-0.05, 0) is 32.1 Å². The molecule has 4 nitrogen and oxygen atoms in total. The molecule has 0 fully saturated rings. The van der Waals surface area contributed by atoms with Crippen molar-refractivity contribution in [3.63, 3.8) is 0 Å². The van der Waals surface area contributed by atoms with Crippen molar-refractivity contribution >= 4 is 5.97 Å². The predicted molar refractivity (Wildman–Crippen MR) is 104 cm³/mol. The quantitative estimate of drug-likeness (QED) is 0.209. The molecule has 25 heavy (non-hydrogen) atoms. The zero-order valence-electron chi connectivity index (χ0n) is 16.5. The van der Waals surface area contributed by atoms with Crippen LogP contribution in [-0.4, -0.2) is 37.0 Å². The lowest BCUT2D eigenvalue weighted by atomic mass is 10.1. The smallest absolute Gasteiger partial charge is 0.303 e. The highest BCUT2D eigenvalue weighted by molar-refractivity contribution is 5.66. The second-order valence-corrected chi connectivity index (χ2v) is 6.72. The summed E-state index contributed by atoms with van der Waals surface area (Å²) in [6.07, 6.45) is 19.4. The average molecular weight is 357 g/mol. The molecule has 0 saturated heterocycles. The molecular weight excluding hydrogens is 316 g/mol. The van der Waals surface area contributed by atoms with Gasteiger partial charge in [-0.3, -0.25) is 4.79 Å². The van der Waals surface area contributed by atoms with E-state index in [-0.39, 0.29) is 19.2 Å². The molecular formula is C21H40O4. The molecule has 0 aromatic rings. The van der Waals surface area contributed by atoms with Gasteiger partial charge in [0.25, 0.3) is 0 Å². The fourth-order valence-corrected chi connectivity index (χ4v) is 2.67. The Kier molecular flexibility index (Phi) is 18.8. The molecule has 0 radical (unpaired) electrons. The summed E-state index contributed by atoms with van der Waals surface area (Å²) in [5.41, 5.74) is 0. The molecule has 0 aromatic carbocycles. The number of hydrogen-bond donors (Lipinski definition) is 1. The van der Waals surface area contributed by atoms with Crippen LogP contribution < -0.4 is 0 Å². The van der Waals surface area contributed by atoms with Gasteiger partial charge in [-0.25, -0.2) is 0 Å². The van der Waals surface area contributed by atoms with Crippen molar-refractivity contribution in [2.45, 2.75) is 97.0 Å². The number of carbonyl (C=O) groups is 1. The molecule has 0 amide bonds. The zero-order valence-corrected chi connectivity index (χ0v) is 16.5. The van der Waals surface area contributed by atoms with E-state index in [4.69, 9.17) is 14.6 Å². The Morgan fingerprint density at radius 2 is 1.48 bits per heavy atom. The van der Waals surface area contributed by atoms with Crippen LogP contribution in [-0.2, 0) is 14.3 Å².